The van der Waals surface area contributed by atoms with Crippen molar-refractivity contribution in [2.45, 2.75) is 6.92 Å². The Kier molecular flexibility index (Phi) is 5.30. The van der Waals surface area contributed by atoms with Crippen molar-refractivity contribution >= 4 is 11.4 Å². The van der Waals surface area contributed by atoms with Gasteiger partial charge in [0.2, 0.25) is 5.78 Å². The molecule has 0 amide bonds. The van der Waals surface area contributed by atoms with Gasteiger partial charge in [0, 0.05) is 20.3 Å². The Morgan fingerprint density at radius 2 is 1.81 bits per heavy atom. The first-order chi connectivity index (χ1) is 13.0. The van der Waals surface area contributed by atoms with Crippen LogP contribution in [-0.2, 0) is 0 Å². The molecule has 0 N–H and O–H groups in total. The van der Waals surface area contributed by atoms with E-state index in [0.29, 0.717) is 22.7 Å². The summed E-state index contributed by atoms with van der Waals surface area (Å²) in [4.78, 5) is 15.1. The monoisotopic (exact) mass is 363 g/mol. The fourth-order valence-electron chi connectivity index (χ4n) is 2.67. The van der Waals surface area contributed by atoms with E-state index in [1.807, 2.05) is 51.4 Å². The lowest BCUT2D eigenvalue weighted by molar-refractivity contribution is 0.105. The van der Waals surface area contributed by atoms with Crippen LogP contribution >= 0.6 is 0 Å². The van der Waals surface area contributed by atoms with Gasteiger partial charge in [0.25, 0.3) is 0 Å². The quantitative estimate of drug-likeness (QED) is 0.495. The molecule has 1 aromatic heterocycles. The van der Waals surface area contributed by atoms with Crippen molar-refractivity contribution in [1.29, 1.82) is 0 Å². The standard InChI is InChI=1S/C20H21N5O2/c1-14-9-11-15(12-10-14)25-20(21-22-23-25)17(13-24(2)3)19(26)16-7-5-6-8-18(16)27-4/h5-13H,1-4H3. The van der Waals surface area contributed by atoms with Gasteiger partial charge in [0.05, 0.1) is 23.9 Å². The van der Waals surface area contributed by atoms with Crippen molar-refractivity contribution in [3.8, 4) is 11.4 Å². The number of carbonyl (C=O) groups is 1. The van der Waals surface area contributed by atoms with Crippen molar-refractivity contribution in [1.82, 2.24) is 25.1 Å². The second-order valence-corrected chi connectivity index (χ2v) is 6.29. The van der Waals surface area contributed by atoms with Crippen molar-refractivity contribution in [2.24, 2.45) is 0 Å². The minimum Gasteiger partial charge on any atom is -0.496 e. The summed E-state index contributed by atoms with van der Waals surface area (Å²) in [5.41, 5.74) is 2.72. The number of benzene rings is 2. The molecule has 7 heteroatoms. The van der Waals surface area contributed by atoms with Gasteiger partial charge in [-0.3, -0.25) is 4.79 Å². The van der Waals surface area contributed by atoms with E-state index in [9.17, 15) is 4.79 Å². The van der Waals surface area contributed by atoms with Crippen LogP contribution in [0.15, 0.2) is 54.7 Å². The first kappa shape index (κ1) is 18.3. The number of tetrazole rings is 1. The van der Waals surface area contributed by atoms with Crippen LogP contribution in [0.1, 0.15) is 21.7 Å². The molecule has 0 aliphatic heterocycles. The number of allylic oxidation sites excluding steroid dienone is 1. The fourth-order valence-corrected chi connectivity index (χ4v) is 2.67. The van der Waals surface area contributed by atoms with Crippen LogP contribution in [0.25, 0.3) is 11.3 Å². The number of Topliss-reactive ketones (excluding diaryl/α,β-unsaturated/α-hetero) is 1. The zero-order valence-corrected chi connectivity index (χ0v) is 15.7. The lowest BCUT2D eigenvalue weighted by Gasteiger charge is -2.13. The number of rotatable bonds is 6. The Bertz CT molecular complexity index is 974. The molecule has 7 nitrogen and oxygen atoms in total. The molecule has 0 aliphatic rings. The highest BCUT2D eigenvalue weighted by Crippen LogP contribution is 2.26. The largest absolute Gasteiger partial charge is 0.496 e. The van der Waals surface area contributed by atoms with Gasteiger partial charge < -0.3 is 9.64 Å². The van der Waals surface area contributed by atoms with E-state index >= 15 is 0 Å². The second-order valence-electron chi connectivity index (χ2n) is 6.29. The molecule has 138 valence electrons. The number of methoxy groups -OCH3 is 1. The number of nitrogens with zero attached hydrogens (tertiary/aromatic N) is 5. The Hall–Kier alpha value is -3.48. The van der Waals surface area contributed by atoms with Gasteiger partial charge in [0.15, 0.2) is 5.82 Å². The first-order valence-corrected chi connectivity index (χ1v) is 8.43. The van der Waals surface area contributed by atoms with Crippen LogP contribution in [0.2, 0.25) is 0 Å². The average molecular weight is 363 g/mol. The van der Waals surface area contributed by atoms with E-state index in [4.69, 9.17) is 4.74 Å². The highest BCUT2D eigenvalue weighted by molar-refractivity contribution is 6.29. The third-order valence-electron chi connectivity index (χ3n) is 3.97. The van der Waals surface area contributed by atoms with Gasteiger partial charge in [-0.05, 0) is 41.6 Å². The maximum absolute atomic E-state index is 13.3. The Balaban J connectivity index is 2.12. The number of aryl methyl sites for hydroxylation is 1. The molecule has 0 atom stereocenters. The topological polar surface area (TPSA) is 73.1 Å². The summed E-state index contributed by atoms with van der Waals surface area (Å²) in [6.45, 7) is 2.01. The van der Waals surface area contributed by atoms with Crippen LogP contribution in [0.5, 0.6) is 5.75 Å². The molecule has 0 spiro atoms. The van der Waals surface area contributed by atoms with Gasteiger partial charge in [-0.15, -0.1) is 5.10 Å². The molecular formula is C20H21N5O2. The van der Waals surface area contributed by atoms with Crippen molar-refractivity contribution in [3.05, 3.63) is 71.7 Å². The zero-order chi connectivity index (χ0) is 19.4. The number of hydrogen-bond donors (Lipinski definition) is 0. The highest BCUT2D eigenvalue weighted by Gasteiger charge is 2.24. The van der Waals surface area contributed by atoms with Crippen LogP contribution in [0.4, 0.5) is 0 Å². The number of para-hydroxylation sites is 1. The van der Waals surface area contributed by atoms with Crippen LogP contribution in [-0.4, -0.2) is 52.1 Å². The molecule has 3 rings (SSSR count). The number of ether oxygens (including phenoxy) is 1. The smallest absolute Gasteiger partial charge is 0.202 e. The van der Waals surface area contributed by atoms with Gasteiger partial charge in [-0.2, -0.15) is 4.68 Å². The summed E-state index contributed by atoms with van der Waals surface area (Å²) >= 11 is 0. The molecule has 1 heterocycles. The molecule has 0 bridgehead atoms. The Morgan fingerprint density at radius 1 is 1.11 bits per heavy atom. The van der Waals surface area contributed by atoms with E-state index < -0.39 is 0 Å². The van der Waals surface area contributed by atoms with Gasteiger partial charge >= 0.3 is 0 Å². The number of carbonyl (C=O) groups excluding carboxylic acids is 1. The second kappa shape index (κ2) is 7.82. The first-order valence-electron chi connectivity index (χ1n) is 8.43. The molecule has 0 aliphatic carbocycles. The summed E-state index contributed by atoms with van der Waals surface area (Å²) in [6, 6.07) is 14.9. The molecule has 0 saturated heterocycles. The normalized spacial score (nSPS) is 11.3. The SMILES string of the molecule is COc1ccccc1C(=O)C(=CN(C)C)c1nnnn1-c1ccc(C)cc1. The van der Waals surface area contributed by atoms with Gasteiger partial charge in [0.1, 0.15) is 5.75 Å². The maximum Gasteiger partial charge on any atom is 0.202 e. The lowest BCUT2D eigenvalue weighted by atomic mass is 10.0. The van der Waals surface area contributed by atoms with E-state index in [1.54, 1.807) is 34.0 Å². The van der Waals surface area contributed by atoms with Crippen molar-refractivity contribution in [3.63, 3.8) is 0 Å². The molecule has 27 heavy (non-hydrogen) atoms. The summed E-state index contributed by atoms with van der Waals surface area (Å²) in [5, 5.41) is 12.0. The molecule has 2 aromatic carbocycles. The fraction of sp³-hybridized carbons (Fsp3) is 0.200. The molecular weight excluding hydrogens is 342 g/mol. The number of hydrogen-bond acceptors (Lipinski definition) is 6. The van der Waals surface area contributed by atoms with E-state index in [1.165, 1.54) is 7.11 Å². The molecule has 0 fully saturated rings. The Labute approximate surface area is 157 Å². The molecule has 0 radical (unpaired) electrons. The predicted molar refractivity (Wildman–Crippen MR) is 103 cm³/mol. The third-order valence-corrected chi connectivity index (χ3v) is 3.97. The van der Waals surface area contributed by atoms with Gasteiger partial charge in [-0.25, -0.2) is 0 Å². The molecule has 0 unspecified atom stereocenters. The van der Waals surface area contributed by atoms with Crippen LogP contribution in [0, 0.1) is 6.92 Å². The van der Waals surface area contributed by atoms with Crippen molar-refractivity contribution < 1.29 is 9.53 Å². The summed E-state index contributed by atoms with van der Waals surface area (Å²) in [7, 11) is 5.23. The zero-order valence-electron chi connectivity index (χ0n) is 15.7. The van der Waals surface area contributed by atoms with Gasteiger partial charge in [-0.1, -0.05) is 29.8 Å². The third kappa shape index (κ3) is 3.87. The van der Waals surface area contributed by atoms with E-state index in [0.717, 1.165) is 11.3 Å². The Morgan fingerprint density at radius 3 is 2.48 bits per heavy atom. The van der Waals surface area contributed by atoms with Crippen LogP contribution < -0.4 is 4.74 Å². The minimum atomic E-state index is -0.218. The number of aromatic nitrogens is 4. The molecule has 0 saturated carbocycles. The van der Waals surface area contributed by atoms with Crippen LogP contribution in [0.3, 0.4) is 0 Å². The maximum atomic E-state index is 13.3. The minimum absolute atomic E-state index is 0.218. The van der Waals surface area contributed by atoms with E-state index in [-0.39, 0.29) is 5.78 Å². The van der Waals surface area contributed by atoms with E-state index in [2.05, 4.69) is 15.5 Å². The summed E-state index contributed by atoms with van der Waals surface area (Å²) < 4.78 is 6.90. The number of ketones is 1. The predicted octanol–water partition coefficient (Wildman–Crippen LogP) is 2.76. The summed E-state index contributed by atoms with van der Waals surface area (Å²) in [6.07, 6.45) is 1.71. The average Bonchev–Trinajstić information content (AvgIpc) is 3.15. The van der Waals surface area contributed by atoms with Crippen molar-refractivity contribution in [2.75, 3.05) is 21.2 Å². The molecule has 3 aromatic rings. The highest BCUT2D eigenvalue weighted by atomic mass is 16.5. The summed E-state index contributed by atoms with van der Waals surface area (Å²) in [5.74, 6) is 0.647. The lowest BCUT2D eigenvalue weighted by Crippen LogP contribution is -2.14.